The number of likely N-dealkylation sites (tertiary alicyclic amines) is 1. The van der Waals surface area contributed by atoms with Crippen LogP contribution in [0, 0.1) is 5.92 Å². The van der Waals surface area contributed by atoms with E-state index in [-0.39, 0.29) is 0 Å². The second-order valence-electron chi connectivity index (χ2n) is 6.89. The first-order valence-corrected chi connectivity index (χ1v) is 9.00. The molecule has 1 fully saturated rings. The fourth-order valence-electron chi connectivity index (χ4n) is 3.55. The zero-order valence-electron chi connectivity index (χ0n) is 14.5. The number of rotatable bonds is 6. The number of aryl methyl sites for hydroxylation is 3. The Kier molecular flexibility index (Phi) is 5.68. The molecule has 1 atom stereocenters. The molecule has 24 heavy (non-hydrogen) atoms. The highest BCUT2D eigenvalue weighted by molar-refractivity contribution is 5.76. The highest BCUT2D eigenvalue weighted by Crippen LogP contribution is 2.22. The summed E-state index contributed by atoms with van der Waals surface area (Å²) in [7, 11) is 1.91. The molecule has 0 bridgehead atoms. The van der Waals surface area contributed by atoms with Crippen LogP contribution in [0.25, 0.3) is 0 Å². The molecular formula is C20H27N3O. The molecule has 0 saturated carbocycles. The van der Waals surface area contributed by atoms with Gasteiger partial charge in [-0.05, 0) is 49.1 Å². The van der Waals surface area contributed by atoms with E-state index in [9.17, 15) is 4.79 Å². The molecule has 2 aromatic rings. The first kappa shape index (κ1) is 16.7. The maximum Gasteiger partial charge on any atom is 0.222 e. The summed E-state index contributed by atoms with van der Waals surface area (Å²) in [5.74, 6) is 0.935. The molecule has 0 N–H and O–H groups in total. The number of aromatic nitrogens is 2. The van der Waals surface area contributed by atoms with Gasteiger partial charge in [-0.1, -0.05) is 30.3 Å². The number of nitrogens with zero attached hydrogens (tertiary/aromatic N) is 3. The monoisotopic (exact) mass is 325 g/mol. The maximum absolute atomic E-state index is 12.5. The van der Waals surface area contributed by atoms with Crippen LogP contribution in [0.4, 0.5) is 0 Å². The zero-order chi connectivity index (χ0) is 16.8. The SMILES string of the molecule is Cn1cc(CCC(=O)N2CCC[C@H](CCc3ccccc3)C2)cn1. The van der Waals surface area contributed by atoms with E-state index in [2.05, 4.69) is 40.3 Å². The average Bonchev–Trinajstić information content (AvgIpc) is 3.04. The summed E-state index contributed by atoms with van der Waals surface area (Å²) < 4.78 is 1.79. The van der Waals surface area contributed by atoms with E-state index in [4.69, 9.17) is 0 Å². The molecule has 0 radical (unpaired) electrons. The smallest absolute Gasteiger partial charge is 0.222 e. The topological polar surface area (TPSA) is 38.1 Å². The predicted octanol–water partition coefficient (Wildman–Crippen LogP) is 3.22. The third kappa shape index (κ3) is 4.70. The fourth-order valence-corrected chi connectivity index (χ4v) is 3.55. The van der Waals surface area contributed by atoms with E-state index in [0.717, 1.165) is 37.9 Å². The Morgan fingerprint density at radius 3 is 2.79 bits per heavy atom. The van der Waals surface area contributed by atoms with Crippen LogP contribution in [0.15, 0.2) is 42.7 Å². The largest absolute Gasteiger partial charge is 0.342 e. The number of carbonyl (C=O) groups excluding carboxylic acids is 1. The van der Waals surface area contributed by atoms with Crippen molar-refractivity contribution in [3.8, 4) is 0 Å². The summed E-state index contributed by atoms with van der Waals surface area (Å²) in [5, 5.41) is 4.16. The Labute approximate surface area is 144 Å². The van der Waals surface area contributed by atoms with Gasteiger partial charge in [0.2, 0.25) is 5.91 Å². The highest BCUT2D eigenvalue weighted by atomic mass is 16.2. The Bertz CT molecular complexity index is 650. The van der Waals surface area contributed by atoms with Crippen molar-refractivity contribution >= 4 is 5.91 Å². The van der Waals surface area contributed by atoms with Gasteiger partial charge in [0.15, 0.2) is 0 Å². The van der Waals surface area contributed by atoms with Crippen molar-refractivity contribution in [3.05, 3.63) is 53.9 Å². The molecule has 1 aromatic heterocycles. The lowest BCUT2D eigenvalue weighted by molar-refractivity contribution is -0.133. The van der Waals surface area contributed by atoms with Crippen molar-refractivity contribution < 1.29 is 4.79 Å². The number of hydrogen-bond donors (Lipinski definition) is 0. The molecule has 2 heterocycles. The molecule has 1 aromatic carbocycles. The van der Waals surface area contributed by atoms with Crippen LogP contribution in [0.2, 0.25) is 0 Å². The van der Waals surface area contributed by atoms with Gasteiger partial charge in [-0.3, -0.25) is 9.48 Å². The second-order valence-corrected chi connectivity index (χ2v) is 6.89. The van der Waals surface area contributed by atoms with Gasteiger partial charge in [0.05, 0.1) is 6.20 Å². The molecular weight excluding hydrogens is 298 g/mol. The molecule has 128 valence electrons. The molecule has 1 amide bonds. The van der Waals surface area contributed by atoms with Crippen molar-refractivity contribution in [1.29, 1.82) is 0 Å². The predicted molar refractivity (Wildman–Crippen MR) is 95.6 cm³/mol. The van der Waals surface area contributed by atoms with E-state index >= 15 is 0 Å². The first-order chi connectivity index (χ1) is 11.7. The second kappa shape index (κ2) is 8.13. The lowest BCUT2D eigenvalue weighted by Gasteiger charge is -2.33. The number of hydrogen-bond acceptors (Lipinski definition) is 2. The van der Waals surface area contributed by atoms with Crippen molar-refractivity contribution in [2.45, 2.75) is 38.5 Å². The van der Waals surface area contributed by atoms with Gasteiger partial charge in [-0.2, -0.15) is 5.10 Å². The Balaban J connectivity index is 1.45. The van der Waals surface area contributed by atoms with Crippen LogP contribution in [-0.4, -0.2) is 33.7 Å². The minimum atomic E-state index is 0.295. The van der Waals surface area contributed by atoms with E-state index in [1.54, 1.807) is 4.68 Å². The van der Waals surface area contributed by atoms with Crippen LogP contribution in [-0.2, 0) is 24.7 Å². The van der Waals surface area contributed by atoms with Gasteiger partial charge in [0, 0.05) is 32.8 Å². The van der Waals surface area contributed by atoms with Gasteiger partial charge in [0.1, 0.15) is 0 Å². The normalized spacial score (nSPS) is 17.9. The average molecular weight is 325 g/mol. The third-order valence-corrected chi connectivity index (χ3v) is 4.94. The molecule has 4 heteroatoms. The zero-order valence-corrected chi connectivity index (χ0v) is 14.5. The molecule has 4 nitrogen and oxygen atoms in total. The number of carbonyl (C=O) groups is 1. The lowest BCUT2D eigenvalue weighted by atomic mass is 9.91. The molecule has 0 unspecified atom stereocenters. The van der Waals surface area contributed by atoms with Crippen LogP contribution < -0.4 is 0 Å². The summed E-state index contributed by atoms with van der Waals surface area (Å²) in [5.41, 5.74) is 2.54. The molecule has 0 aliphatic carbocycles. The van der Waals surface area contributed by atoms with Crippen molar-refractivity contribution in [1.82, 2.24) is 14.7 Å². The standard InChI is InChI=1S/C20H27N3O/c1-22-15-19(14-21-22)11-12-20(24)23-13-5-8-18(16-23)10-9-17-6-3-2-4-7-17/h2-4,6-7,14-15,18H,5,8-13,16H2,1H3/t18-/m1/s1. The van der Waals surface area contributed by atoms with E-state index in [0.29, 0.717) is 18.2 Å². The Morgan fingerprint density at radius 2 is 2.04 bits per heavy atom. The molecule has 0 spiro atoms. The minimum absolute atomic E-state index is 0.295. The van der Waals surface area contributed by atoms with E-state index < -0.39 is 0 Å². The number of benzene rings is 1. The number of piperidine rings is 1. The summed E-state index contributed by atoms with van der Waals surface area (Å²) in [6.07, 6.45) is 9.91. The van der Waals surface area contributed by atoms with E-state index in [1.807, 2.05) is 19.4 Å². The van der Waals surface area contributed by atoms with Crippen LogP contribution in [0.1, 0.15) is 36.8 Å². The summed E-state index contributed by atoms with van der Waals surface area (Å²) in [6.45, 7) is 1.85. The molecule has 1 aliphatic heterocycles. The van der Waals surface area contributed by atoms with Crippen molar-refractivity contribution in [2.75, 3.05) is 13.1 Å². The van der Waals surface area contributed by atoms with Gasteiger partial charge < -0.3 is 4.90 Å². The van der Waals surface area contributed by atoms with E-state index in [1.165, 1.54) is 18.4 Å². The van der Waals surface area contributed by atoms with Crippen molar-refractivity contribution in [2.24, 2.45) is 13.0 Å². The van der Waals surface area contributed by atoms with Gasteiger partial charge in [-0.25, -0.2) is 0 Å². The molecule has 1 saturated heterocycles. The first-order valence-electron chi connectivity index (χ1n) is 9.00. The Morgan fingerprint density at radius 1 is 1.21 bits per heavy atom. The van der Waals surface area contributed by atoms with Gasteiger partial charge >= 0.3 is 0 Å². The third-order valence-electron chi connectivity index (χ3n) is 4.94. The van der Waals surface area contributed by atoms with Crippen LogP contribution in [0.3, 0.4) is 0 Å². The van der Waals surface area contributed by atoms with Gasteiger partial charge in [0.25, 0.3) is 0 Å². The summed E-state index contributed by atoms with van der Waals surface area (Å²) >= 11 is 0. The number of amides is 1. The molecule has 1 aliphatic rings. The maximum atomic E-state index is 12.5. The van der Waals surface area contributed by atoms with Gasteiger partial charge in [-0.15, -0.1) is 0 Å². The summed E-state index contributed by atoms with van der Waals surface area (Å²) in [6, 6.07) is 10.7. The minimum Gasteiger partial charge on any atom is -0.342 e. The Hall–Kier alpha value is -2.10. The van der Waals surface area contributed by atoms with Crippen LogP contribution in [0.5, 0.6) is 0 Å². The summed E-state index contributed by atoms with van der Waals surface area (Å²) in [4.78, 5) is 14.6. The quantitative estimate of drug-likeness (QED) is 0.818. The van der Waals surface area contributed by atoms with Crippen molar-refractivity contribution in [3.63, 3.8) is 0 Å². The fraction of sp³-hybridized carbons (Fsp3) is 0.500. The highest BCUT2D eigenvalue weighted by Gasteiger charge is 2.23. The molecule has 3 rings (SSSR count). The van der Waals surface area contributed by atoms with Crippen LogP contribution >= 0.6 is 0 Å². The lowest BCUT2D eigenvalue weighted by Crippen LogP contribution is -2.40.